The smallest absolute Gasteiger partial charge is 0.413 e. The zero-order valence-corrected chi connectivity index (χ0v) is 25.5. The Morgan fingerprint density at radius 3 is 2.30 bits per heavy atom. The highest BCUT2D eigenvalue weighted by molar-refractivity contribution is 7.89. The molecular weight excluding hydrogens is 578 g/mol. The van der Waals surface area contributed by atoms with E-state index in [4.69, 9.17) is 15.3 Å². The Morgan fingerprint density at radius 2 is 1.64 bits per heavy atom. The average molecular weight is 614 g/mol. The maximum atomic E-state index is 13.4. The minimum absolute atomic E-state index is 0.0382. The van der Waals surface area contributed by atoms with Crippen LogP contribution in [0.5, 0.6) is 0 Å². The van der Waals surface area contributed by atoms with Crippen LogP contribution >= 0.6 is 0 Å². The Balaban J connectivity index is 1.40. The number of benzene rings is 3. The number of ether oxygens (including phenoxy) is 1. The van der Waals surface area contributed by atoms with Crippen molar-refractivity contribution >= 4 is 27.9 Å². The zero-order valence-electron chi connectivity index (χ0n) is 24.7. The minimum atomic E-state index is -3.89. The predicted molar refractivity (Wildman–Crippen MR) is 168 cm³/mol. The fraction of sp³-hybridized carbons (Fsp3) is 0.212. The fourth-order valence-corrected chi connectivity index (χ4v) is 5.41. The molecule has 0 bridgehead atoms. The summed E-state index contributed by atoms with van der Waals surface area (Å²) in [6, 6.07) is 26.0. The van der Waals surface area contributed by atoms with Crippen molar-refractivity contribution in [3.63, 3.8) is 0 Å². The SMILES string of the molecule is CC(OC(=O)NC(=N)c1cccc(CN(C(=O)Cc2ccc(-c3ccccc3S(N)(=O)=O)cc2)C(C)C)c1)c1ccccn1. The largest absolute Gasteiger partial charge is 0.440 e. The number of sulfonamides is 1. The summed E-state index contributed by atoms with van der Waals surface area (Å²) in [6.45, 7) is 5.86. The van der Waals surface area contributed by atoms with E-state index in [0.29, 0.717) is 28.9 Å². The summed E-state index contributed by atoms with van der Waals surface area (Å²) in [7, 11) is -3.89. The number of carbonyl (C=O) groups excluding carboxylic acids is 2. The number of hydrogen-bond donors (Lipinski definition) is 3. The van der Waals surface area contributed by atoms with Gasteiger partial charge in [0.25, 0.3) is 0 Å². The minimum Gasteiger partial charge on any atom is -0.440 e. The summed E-state index contributed by atoms with van der Waals surface area (Å²) in [4.78, 5) is 31.7. The molecule has 0 aliphatic rings. The second-order valence-corrected chi connectivity index (χ2v) is 12.1. The van der Waals surface area contributed by atoms with Crippen LogP contribution in [0.3, 0.4) is 0 Å². The van der Waals surface area contributed by atoms with Crippen LogP contribution in [0.4, 0.5) is 4.79 Å². The van der Waals surface area contributed by atoms with E-state index < -0.39 is 22.2 Å². The van der Waals surface area contributed by atoms with Crippen molar-refractivity contribution in [1.29, 1.82) is 5.41 Å². The Morgan fingerprint density at radius 1 is 0.932 bits per heavy atom. The molecule has 1 atom stereocenters. The normalized spacial score (nSPS) is 11.9. The third kappa shape index (κ3) is 8.36. The molecule has 0 saturated heterocycles. The topological polar surface area (TPSA) is 156 Å². The number of nitrogens with one attached hydrogen (secondary N) is 2. The number of carbonyl (C=O) groups is 2. The molecule has 3 aromatic carbocycles. The van der Waals surface area contributed by atoms with Gasteiger partial charge in [0.05, 0.1) is 17.0 Å². The maximum absolute atomic E-state index is 13.4. The predicted octanol–water partition coefficient (Wildman–Crippen LogP) is 5.19. The molecule has 228 valence electrons. The summed E-state index contributed by atoms with van der Waals surface area (Å²) in [6.07, 6.45) is 0.403. The number of nitrogens with two attached hydrogens (primary N) is 1. The standard InChI is InChI=1S/C33H35N5O5S/c1-22(2)38(31(39)20-24-14-16-26(17-15-24)28-11-4-5-13-30(28)44(35,41)42)21-25-9-8-10-27(19-25)32(34)37-33(40)43-23(3)29-12-6-7-18-36-29/h4-19,22-23H,20-21H2,1-3H3,(H2,34,37,40)(H2,35,41,42). The molecule has 0 fully saturated rings. The van der Waals surface area contributed by atoms with E-state index in [1.165, 1.54) is 6.07 Å². The van der Waals surface area contributed by atoms with Crippen LogP contribution in [0.1, 0.15) is 49.3 Å². The lowest BCUT2D eigenvalue weighted by molar-refractivity contribution is -0.132. The second-order valence-electron chi connectivity index (χ2n) is 10.5. The molecule has 10 nitrogen and oxygen atoms in total. The van der Waals surface area contributed by atoms with E-state index >= 15 is 0 Å². The molecule has 1 heterocycles. The zero-order chi connectivity index (χ0) is 31.9. The van der Waals surface area contributed by atoms with E-state index in [0.717, 1.165) is 11.1 Å². The van der Waals surface area contributed by atoms with Gasteiger partial charge in [-0.15, -0.1) is 0 Å². The van der Waals surface area contributed by atoms with Crippen LogP contribution in [-0.2, 0) is 32.5 Å². The van der Waals surface area contributed by atoms with Crippen molar-refractivity contribution in [3.8, 4) is 11.1 Å². The van der Waals surface area contributed by atoms with Gasteiger partial charge in [0.15, 0.2) is 0 Å². The number of amidine groups is 1. The van der Waals surface area contributed by atoms with Gasteiger partial charge in [0.2, 0.25) is 15.9 Å². The van der Waals surface area contributed by atoms with Gasteiger partial charge in [-0.2, -0.15) is 0 Å². The molecule has 0 aliphatic carbocycles. The summed E-state index contributed by atoms with van der Waals surface area (Å²) >= 11 is 0. The molecule has 1 aromatic heterocycles. The molecule has 2 amide bonds. The van der Waals surface area contributed by atoms with Gasteiger partial charge in [-0.05, 0) is 61.7 Å². The van der Waals surface area contributed by atoms with Crippen molar-refractivity contribution in [1.82, 2.24) is 15.2 Å². The van der Waals surface area contributed by atoms with Crippen molar-refractivity contribution in [2.24, 2.45) is 5.14 Å². The molecule has 0 saturated carbocycles. The Bertz CT molecular complexity index is 1740. The van der Waals surface area contributed by atoms with Gasteiger partial charge in [-0.1, -0.05) is 66.7 Å². The van der Waals surface area contributed by atoms with Crippen molar-refractivity contribution in [3.05, 3.63) is 120 Å². The monoisotopic (exact) mass is 613 g/mol. The third-order valence-corrected chi connectivity index (χ3v) is 7.91. The van der Waals surface area contributed by atoms with Gasteiger partial charge in [0.1, 0.15) is 11.9 Å². The highest BCUT2D eigenvalue weighted by Gasteiger charge is 2.20. The van der Waals surface area contributed by atoms with Crippen molar-refractivity contribution in [2.75, 3.05) is 0 Å². The molecule has 11 heteroatoms. The van der Waals surface area contributed by atoms with Gasteiger partial charge >= 0.3 is 6.09 Å². The van der Waals surface area contributed by atoms with E-state index in [2.05, 4.69) is 10.3 Å². The Kier molecular flexibility index (Phi) is 10.2. The summed E-state index contributed by atoms with van der Waals surface area (Å²) in [5, 5.41) is 16.2. The van der Waals surface area contributed by atoms with E-state index in [1.807, 2.05) is 19.9 Å². The molecule has 0 radical (unpaired) electrons. The Hall–Kier alpha value is -4.87. The molecule has 4 N–H and O–H groups in total. The number of alkyl carbamates (subject to hydrolysis) is 1. The number of hydrogen-bond acceptors (Lipinski definition) is 7. The lowest BCUT2D eigenvalue weighted by atomic mass is 10.0. The molecule has 4 aromatic rings. The van der Waals surface area contributed by atoms with E-state index in [9.17, 15) is 18.0 Å². The maximum Gasteiger partial charge on any atom is 0.413 e. The highest BCUT2D eigenvalue weighted by atomic mass is 32.2. The quantitative estimate of drug-likeness (QED) is 0.165. The van der Waals surface area contributed by atoms with Crippen LogP contribution in [0, 0.1) is 5.41 Å². The number of primary sulfonamides is 1. The highest BCUT2D eigenvalue weighted by Crippen LogP contribution is 2.27. The first-order valence-electron chi connectivity index (χ1n) is 14.0. The Labute approximate surface area is 257 Å². The van der Waals surface area contributed by atoms with Gasteiger partial charge < -0.3 is 9.64 Å². The molecule has 44 heavy (non-hydrogen) atoms. The van der Waals surface area contributed by atoms with Crippen molar-refractivity contribution < 1.29 is 22.7 Å². The first-order valence-corrected chi connectivity index (χ1v) is 15.5. The van der Waals surface area contributed by atoms with Gasteiger partial charge in [-0.25, -0.2) is 18.4 Å². The lowest BCUT2D eigenvalue weighted by Gasteiger charge is -2.27. The van der Waals surface area contributed by atoms with Crippen molar-refractivity contribution in [2.45, 2.75) is 50.8 Å². The second kappa shape index (κ2) is 14.1. The number of rotatable bonds is 10. The van der Waals surface area contributed by atoms with Crippen LogP contribution in [0.2, 0.25) is 0 Å². The molecule has 0 spiro atoms. The average Bonchev–Trinajstić information content (AvgIpc) is 3.00. The number of aromatic nitrogens is 1. The summed E-state index contributed by atoms with van der Waals surface area (Å²) < 4.78 is 29.4. The first kappa shape index (κ1) is 32.1. The number of amides is 2. The van der Waals surface area contributed by atoms with Crippen LogP contribution in [-0.4, -0.2) is 42.2 Å². The molecule has 0 aliphatic heterocycles. The van der Waals surface area contributed by atoms with Gasteiger partial charge in [0, 0.05) is 29.9 Å². The number of nitrogens with zero attached hydrogens (tertiary/aromatic N) is 2. The molecule has 1 unspecified atom stereocenters. The third-order valence-electron chi connectivity index (χ3n) is 6.94. The summed E-state index contributed by atoms with van der Waals surface area (Å²) in [5.41, 5.74) is 3.80. The first-order chi connectivity index (χ1) is 20.9. The lowest BCUT2D eigenvalue weighted by Crippen LogP contribution is -2.37. The van der Waals surface area contributed by atoms with Crippen LogP contribution < -0.4 is 10.5 Å². The fourth-order valence-electron chi connectivity index (χ4n) is 4.65. The van der Waals surface area contributed by atoms with Gasteiger partial charge in [-0.3, -0.25) is 20.5 Å². The van der Waals surface area contributed by atoms with Crippen LogP contribution in [0.25, 0.3) is 11.1 Å². The molecular formula is C33H35N5O5S. The number of pyridine rings is 1. The van der Waals surface area contributed by atoms with E-state index in [1.54, 1.807) is 96.9 Å². The van der Waals surface area contributed by atoms with E-state index in [-0.39, 0.29) is 29.1 Å². The summed E-state index contributed by atoms with van der Waals surface area (Å²) in [5.74, 6) is -0.222. The van der Waals surface area contributed by atoms with Crippen LogP contribution in [0.15, 0.2) is 102 Å². The molecule has 4 rings (SSSR count).